The summed E-state index contributed by atoms with van der Waals surface area (Å²) in [5, 5.41) is 0. The van der Waals surface area contributed by atoms with E-state index in [1.165, 1.54) is 0 Å². The van der Waals surface area contributed by atoms with Gasteiger partial charge in [-0.3, -0.25) is 0 Å². The molecule has 15 heavy (non-hydrogen) atoms. The third kappa shape index (κ3) is 9.00. The lowest BCUT2D eigenvalue weighted by atomic mass is 10.4. The van der Waals surface area contributed by atoms with E-state index in [1.807, 2.05) is 6.92 Å². The molecule has 0 rings (SSSR count). The lowest BCUT2D eigenvalue weighted by molar-refractivity contribution is -0.142. The van der Waals surface area contributed by atoms with E-state index in [9.17, 15) is 9.59 Å². The minimum Gasteiger partial charge on any atom is -0.463 e. The molecule has 0 aromatic heterocycles. The lowest BCUT2D eigenvalue weighted by Gasteiger charge is -2.03. The van der Waals surface area contributed by atoms with Gasteiger partial charge in [0.05, 0.1) is 12.7 Å². The van der Waals surface area contributed by atoms with Gasteiger partial charge in [0.25, 0.3) is 0 Å². The van der Waals surface area contributed by atoms with Crippen molar-refractivity contribution in [1.29, 1.82) is 0 Å². The Balaban J connectivity index is 3.74. The summed E-state index contributed by atoms with van der Waals surface area (Å²) in [6, 6.07) is 0. The van der Waals surface area contributed by atoms with Crippen LogP contribution in [0.1, 0.15) is 33.6 Å². The molecule has 0 fully saturated rings. The smallest absolute Gasteiger partial charge is 0.331 e. The molecule has 0 bridgehead atoms. The summed E-state index contributed by atoms with van der Waals surface area (Å²) < 4.78 is 9.60. The molecule has 0 saturated heterocycles. The number of carbonyl (C=O) groups is 2. The summed E-state index contributed by atoms with van der Waals surface area (Å²) in [4.78, 5) is 22.0. The van der Waals surface area contributed by atoms with Crippen LogP contribution in [0.4, 0.5) is 0 Å². The average Bonchev–Trinajstić information content (AvgIpc) is 2.14. The average molecular weight is 214 g/mol. The predicted molar refractivity (Wildman–Crippen MR) is 56.2 cm³/mol. The maximum atomic E-state index is 11.0. The van der Waals surface area contributed by atoms with E-state index in [1.54, 1.807) is 13.8 Å². The Labute approximate surface area is 90.2 Å². The van der Waals surface area contributed by atoms with Crippen molar-refractivity contribution in [2.24, 2.45) is 0 Å². The van der Waals surface area contributed by atoms with E-state index < -0.39 is 11.9 Å². The van der Waals surface area contributed by atoms with Crippen molar-refractivity contribution in [3.8, 4) is 0 Å². The number of hydrogen-bond acceptors (Lipinski definition) is 4. The van der Waals surface area contributed by atoms with Crippen LogP contribution >= 0.6 is 0 Å². The largest absolute Gasteiger partial charge is 0.463 e. The Kier molecular flexibility index (Phi) is 7.32. The zero-order chi connectivity index (χ0) is 11.7. The Morgan fingerprint density at radius 1 is 1.20 bits per heavy atom. The minimum absolute atomic E-state index is 0.182. The highest BCUT2D eigenvalue weighted by Crippen LogP contribution is 1.92. The molecule has 0 amide bonds. The van der Waals surface area contributed by atoms with Crippen molar-refractivity contribution in [3.05, 3.63) is 12.2 Å². The van der Waals surface area contributed by atoms with Crippen molar-refractivity contribution in [2.45, 2.75) is 39.7 Å². The summed E-state index contributed by atoms with van der Waals surface area (Å²) in [5.41, 5.74) is 0. The molecule has 0 atom stereocenters. The van der Waals surface area contributed by atoms with Gasteiger partial charge < -0.3 is 9.47 Å². The first-order valence-electron chi connectivity index (χ1n) is 5.11. The molecule has 4 heteroatoms. The molecule has 86 valence electrons. The van der Waals surface area contributed by atoms with Crippen LogP contribution in [0.15, 0.2) is 12.2 Å². The van der Waals surface area contributed by atoms with Crippen molar-refractivity contribution < 1.29 is 19.1 Å². The third-order valence-electron chi connectivity index (χ3n) is 1.45. The highest BCUT2D eigenvalue weighted by molar-refractivity contribution is 5.91. The SMILES string of the molecule is CCCCOC(=O)/C=C/C(=O)OC(C)C. The third-order valence-corrected chi connectivity index (χ3v) is 1.45. The van der Waals surface area contributed by atoms with Crippen LogP contribution in [-0.4, -0.2) is 24.6 Å². The second-order valence-electron chi connectivity index (χ2n) is 3.34. The summed E-state index contributed by atoms with van der Waals surface area (Å²) in [6.45, 7) is 5.87. The number of esters is 2. The number of rotatable bonds is 6. The first kappa shape index (κ1) is 13.7. The molecule has 4 nitrogen and oxygen atoms in total. The van der Waals surface area contributed by atoms with Crippen LogP contribution in [0.3, 0.4) is 0 Å². The molecule has 0 aliphatic rings. The Morgan fingerprint density at radius 2 is 1.80 bits per heavy atom. The van der Waals surface area contributed by atoms with Gasteiger partial charge in [-0.25, -0.2) is 9.59 Å². The molecule has 0 unspecified atom stereocenters. The molecule has 0 aromatic carbocycles. The maximum absolute atomic E-state index is 11.0. The van der Waals surface area contributed by atoms with E-state index in [4.69, 9.17) is 9.47 Å². The highest BCUT2D eigenvalue weighted by atomic mass is 16.5. The molecule has 0 N–H and O–H groups in total. The van der Waals surface area contributed by atoms with Crippen molar-refractivity contribution in [1.82, 2.24) is 0 Å². The van der Waals surface area contributed by atoms with Gasteiger partial charge in [0.1, 0.15) is 0 Å². The second kappa shape index (κ2) is 8.03. The maximum Gasteiger partial charge on any atom is 0.331 e. The fourth-order valence-corrected chi connectivity index (χ4v) is 0.773. The molecule has 0 saturated carbocycles. The van der Waals surface area contributed by atoms with Crippen molar-refractivity contribution >= 4 is 11.9 Å². The van der Waals surface area contributed by atoms with Crippen LogP contribution in [0.2, 0.25) is 0 Å². The summed E-state index contributed by atoms with van der Waals surface area (Å²) in [7, 11) is 0. The van der Waals surface area contributed by atoms with Crippen LogP contribution < -0.4 is 0 Å². The molecular formula is C11H18O4. The number of unbranched alkanes of at least 4 members (excludes halogenated alkanes) is 1. The number of ether oxygens (including phenoxy) is 2. The first-order valence-corrected chi connectivity index (χ1v) is 5.11. The van der Waals surface area contributed by atoms with Gasteiger partial charge in [0.15, 0.2) is 0 Å². The molecule has 0 heterocycles. The Morgan fingerprint density at radius 3 is 2.33 bits per heavy atom. The highest BCUT2D eigenvalue weighted by Gasteiger charge is 2.02. The second-order valence-corrected chi connectivity index (χ2v) is 3.34. The zero-order valence-corrected chi connectivity index (χ0v) is 9.49. The van der Waals surface area contributed by atoms with E-state index in [0.717, 1.165) is 25.0 Å². The Bertz CT molecular complexity index is 231. The van der Waals surface area contributed by atoms with Crippen LogP contribution in [0, 0.1) is 0 Å². The molecular weight excluding hydrogens is 196 g/mol. The summed E-state index contributed by atoms with van der Waals surface area (Å²) in [6.07, 6.45) is 3.77. The van der Waals surface area contributed by atoms with Crippen LogP contribution in [-0.2, 0) is 19.1 Å². The lowest BCUT2D eigenvalue weighted by Crippen LogP contribution is -2.09. The van der Waals surface area contributed by atoms with Crippen LogP contribution in [0.25, 0.3) is 0 Å². The van der Waals surface area contributed by atoms with Crippen molar-refractivity contribution in [3.63, 3.8) is 0 Å². The fourth-order valence-electron chi connectivity index (χ4n) is 0.773. The van der Waals surface area contributed by atoms with E-state index >= 15 is 0 Å². The minimum atomic E-state index is -0.530. The zero-order valence-electron chi connectivity index (χ0n) is 9.49. The van der Waals surface area contributed by atoms with E-state index in [0.29, 0.717) is 6.61 Å². The van der Waals surface area contributed by atoms with Gasteiger partial charge in [0.2, 0.25) is 0 Å². The number of carbonyl (C=O) groups excluding carboxylic acids is 2. The topological polar surface area (TPSA) is 52.6 Å². The quantitative estimate of drug-likeness (QED) is 0.384. The predicted octanol–water partition coefficient (Wildman–Crippen LogP) is 1.84. The van der Waals surface area contributed by atoms with Gasteiger partial charge in [-0.2, -0.15) is 0 Å². The van der Waals surface area contributed by atoms with Gasteiger partial charge in [-0.1, -0.05) is 13.3 Å². The molecule has 0 aromatic rings. The summed E-state index contributed by atoms with van der Waals surface area (Å²) >= 11 is 0. The van der Waals surface area contributed by atoms with Gasteiger partial charge in [-0.05, 0) is 20.3 Å². The Hall–Kier alpha value is -1.32. The first-order chi connectivity index (χ1) is 7.06. The van der Waals surface area contributed by atoms with Crippen molar-refractivity contribution in [2.75, 3.05) is 6.61 Å². The van der Waals surface area contributed by atoms with Gasteiger partial charge in [-0.15, -0.1) is 0 Å². The van der Waals surface area contributed by atoms with Gasteiger partial charge in [0, 0.05) is 12.2 Å². The molecule has 0 aliphatic heterocycles. The van der Waals surface area contributed by atoms with E-state index in [2.05, 4.69) is 0 Å². The van der Waals surface area contributed by atoms with Crippen LogP contribution in [0.5, 0.6) is 0 Å². The molecule has 0 aliphatic carbocycles. The normalized spacial score (nSPS) is 10.7. The number of hydrogen-bond donors (Lipinski definition) is 0. The molecule has 0 radical (unpaired) electrons. The standard InChI is InChI=1S/C11H18O4/c1-4-5-8-14-10(12)6-7-11(13)15-9(2)3/h6-7,9H,4-5,8H2,1-3H3/b7-6+. The molecule has 0 spiro atoms. The summed E-state index contributed by atoms with van der Waals surface area (Å²) in [5.74, 6) is -1.04. The van der Waals surface area contributed by atoms with E-state index in [-0.39, 0.29) is 6.10 Å². The van der Waals surface area contributed by atoms with Gasteiger partial charge >= 0.3 is 11.9 Å². The monoisotopic (exact) mass is 214 g/mol. The fraction of sp³-hybridized carbons (Fsp3) is 0.636.